The zero-order valence-corrected chi connectivity index (χ0v) is 13.4. The van der Waals surface area contributed by atoms with E-state index in [1.165, 1.54) is 0 Å². The Kier molecular flexibility index (Phi) is 3.41. The average Bonchev–Trinajstić information content (AvgIpc) is 2.40. The number of carbonyl (C=O) groups is 2. The maximum absolute atomic E-state index is 12.5. The van der Waals surface area contributed by atoms with Crippen LogP contribution in [0, 0.1) is 34.0 Å². The first-order valence-corrected chi connectivity index (χ1v) is 7.84. The summed E-state index contributed by atoms with van der Waals surface area (Å²) in [5, 5.41) is 9.27. The highest BCUT2D eigenvalue weighted by Gasteiger charge is 2.54. The molecule has 3 aliphatic rings. The highest BCUT2D eigenvalue weighted by molar-refractivity contribution is 6.04. The molecule has 0 radical (unpaired) electrons. The van der Waals surface area contributed by atoms with Gasteiger partial charge in [-0.3, -0.25) is 9.59 Å². The van der Waals surface area contributed by atoms with Crippen LogP contribution in [0.1, 0.15) is 27.2 Å². The third kappa shape index (κ3) is 2.09. The lowest BCUT2D eigenvalue weighted by molar-refractivity contribution is -0.156. The van der Waals surface area contributed by atoms with E-state index >= 15 is 0 Å². The molecule has 1 aliphatic carbocycles. The second-order valence-electron chi connectivity index (χ2n) is 7.56. The van der Waals surface area contributed by atoms with Crippen molar-refractivity contribution < 1.29 is 14.3 Å². The van der Waals surface area contributed by atoms with E-state index in [9.17, 15) is 14.9 Å². The van der Waals surface area contributed by atoms with Crippen LogP contribution >= 0.6 is 0 Å². The summed E-state index contributed by atoms with van der Waals surface area (Å²) in [5.74, 6) is 0.223. The van der Waals surface area contributed by atoms with Crippen molar-refractivity contribution in [1.29, 1.82) is 5.26 Å². The van der Waals surface area contributed by atoms with Gasteiger partial charge in [-0.05, 0) is 12.3 Å². The first kappa shape index (κ1) is 15.2. The number of rotatable bonds is 1. The Hall–Kier alpha value is -1.67. The van der Waals surface area contributed by atoms with Crippen molar-refractivity contribution in [2.24, 2.45) is 22.7 Å². The number of allylic oxidation sites excluding steroid dienone is 1. The number of ether oxygens (including phenoxy) is 1. The summed E-state index contributed by atoms with van der Waals surface area (Å²) in [7, 11) is 0. The van der Waals surface area contributed by atoms with Crippen molar-refractivity contribution in [2.45, 2.75) is 27.2 Å². The third-order valence-corrected chi connectivity index (χ3v) is 5.61. The fraction of sp³-hybridized carbons (Fsp3) is 0.706. The van der Waals surface area contributed by atoms with Gasteiger partial charge in [0.05, 0.1) is 24.7 Å². The Bertz CT molecular complexity index is 598. The molecule has 22 heavy (non-hydrogen) atoms. The third-order valence-electron chi connectivity index (χ3n) is 5.61. The van der Waals surface area contributed by atoms with Crippen LogP contribution in [-0.2, 0) is 14.3 Å². The lowest BCUT2D eigenvalue weighted by Gasteiger charge is -2.53. The Morgan fingerprint density at radius 3 is 2.64 bits per heavy atom. The van der Waals surface area contributed by atoms with E-state index in [0.717, 1.165) is 6.42 Å². The summed E-state index contributed by atoms with van der Waals surface area (Å²) in [5.41, 5.74) is -0.630. The summed E-state index contributed by atoms with van der Waals surface area (Å²) >= 11 is 0. The molecule has 0 aromatic rings. The second kappa shape index (κ2) is 4.92. The average molecular weight is 302 g/mol. The number of likely N-dealkylation sites (tertiary alicyclic amines) is 1. The van der Waals surface area contributed by atoms with Gasteiger partial charge in [-0.2, -0.15) is 5.26 Å². The number of fused-ring (bicyclic) bond motifs is 1. The minimum atomic E-state index is -0.552. The van der Waals surface area contributed by atoms with Crippen LogP contribution in [0.25, 0.3) is 0 Å². The Labute approximate surface area is 130 Å². The van der Waals surface area contributed by atoms with Gasteiger partial charge in [0.2, 0.25) is 5.91 Å². The molecule has 2 fully saturated rings. The number of ketones is 1. The van der Waals surface area contributed by atoms with Gasteiger partial charge in [-0.1, -0.05) is 26.8 Å². The number of amides is 1. The molecule has 2 atom stereocenters. The highest BCUT2D eigenvalue weighted by atomic mass is 16.5. The largest absolute Gasteiger partial charge is 0.380 e. The monoisotopic (exact) mass is 302 g/mol. The van der Waals surface area contributed by atoms with Crippen LogP contribution in [0.15, 0.2) is 11.6 Å². The molecule has 2 saturated heterocycles. The number of piperidine rings is 1. The van der Waals surface area contributed by atoms with E-state index in [1.807, 2.05) is 30.9 Å². The molecule has 0 aromatic carbocycles. The van der Waals surface area contributed by atoms with Crippen LogP contribution in [0.3, 0.4) is 0 Å². The van der Waals surface area contributed by atoms with Gasteiger partial charge < -0.3 is 9.64 Å². The molecule has 0 N–H and O–H groups in total. The summed E-state index contributed by atoms with van der Waals surface area (Å²) < 4.78 is 5.11. The maximum atomic E-state index is 12.5. The first-order chi connectivity index (χ1) is 10.3. The maximum Gasteiger partial charge on any atom is 0.230 e. The van der Waals surface area contributed by atoms with Gasteiger partial charge in [0.25, 0.3) is 0 Å². The minimum absolute atomic E-state index is 0.0159. The molecule has 3 rings (SSSR count). The fourth-order valence-corrected chi connectivity index (χ4v) is 4.35. The zero-order valence-electron chi connectivity index (χ0n) is 13.4. The van der Waals surface area contributed by atoms with Crippen molar-refractivity contribution in [2.75, 3.05) is 26.3 Å². The number of Topliss-reactive ketones (excluding diaryl/α,β-unsaturated/α-hetero) is 1. The number of hydrogen-bond donors (Lipinski definition) is 0. The fourth-order valence-electron chi connectivity index (χ4n) is 4.35. The zero-order chi connectivity index (χ0) is 16.1. The Balaban J connectivity index is 1.90. The van der Waals surface area contributed by atoms with Gasteiger partial charge in [-0.15, -0.1) is 0 Å². The minimum Gasteiger partial charge on any atom is -0.380 e. The van der Waals surface area contributed by atoms with E-state index in [0.29, 0.717) is 26.3 Å². The first-order valence-electron chi connectivity index (χ1n) is 7.84. The Morgan fingerprint density at radius 2 is 2.09 bits per heavy atom. The SMILES string of the molecule is CC1(C)C(=O)C(C#N)=C[C@@]2(C)CN(C(=O)C3COC3)CC[C@H]12. The van der Waals surface area contributed by atoms with Crippen LogP contribution < -0.4 is 0 Å². The molecule has 5 nitrogen and oxygen atoms in total. The van der Waals surface area contributed by atoms with Gasteiger partial charge >= 0.3 is 0 Å². The van der Waals surface area contributed by atoms with E-state index in [2.05, 4.69) is 6.92 Å². The molecule has 1 amide bonds. The Morgan fingerprint density at radius 1 is 1.41 bits per heavy atom. The van der Waals surface area contributed by atoms with E-state index < -0.39 is 5.41 Å². The number of nitrogens with zero attached hydrogens (tertiary/aromatic N) is 2. The lowest BCUT2D eigenvalue weighted by Crippen LogP contribution is -2.58. The normalized spacial score (nSPS) is 34.3. The second-order valence-corrected chi connectivity index (χ2v) is 7.56. The molecule has 2 aliphatic heterocycles. The summed E-state index contributed by atoms with van der Waals surface area (Å²) in [6.45, 7) is 8.22. The van der Waals surface area contributed by atoms with Crippen LogP contribution in [0.5, 0.6) is 0 Å². The van der Waals surface area contributed by atoms with Crippen molar-refractivity contribution in [1.82, 2.24) is 4.90 Å². The molecule has 0 aromatic heterocycles. The van der Waals surface area contributed by atoms with Crippen LogP contribution in [0.4, 0.5) is 0 Å². The van der Waals surface area contributed by atoms with Gasteiger partial charge in [0, 0.05) is 23.9 Å². The molecule has 0 spiro atoms. The smallest absolute Gasteiger partial charge is 0.230 e. The van der Waals surface area contributed by atoms with Crippen LogP contribution in [0.2, 0.25) is 0 Å². The van der Waals surface area contributed by atoms with E-state index in [4.69, 9.17) is 4.74 Å². The van der Waals surface area contributed by atoms with E-state index in [1.54, 1.807) is 0 Å². The highest BCUT2D eigenvalue weighted by Crippen LogP contribution is 2.52. The molecule has 5 heteroatoms. The summed E-state index contributed by atoms with van der Waals surface area (Å²) in [6, 6.07) is 2.04. The van der Waals surface area contributed by atoms with Gasteiger partial charge in [0.1, 0.15) is 6.07 Å². The van der Waals surface area contributed by atoms with Gasteiger partial charge in [-0.25, -0.2) is 0 Å². The molecule has 0 saturated carbocycles. The topological polar surface area (TPSA) is 70.4 Å². The lowest BCUT2D eigenvalue weighted by atomic mass is 9.55. The van der Waals surface area contributed by atoms with Crippen molar-refractivity contribution in [3.8, 4) is 6.07 Å². The number of hydrogen-bond acceptors (Lipinski definition) is 4. The molecule has 118 valence electrons. The molecule has 2 heterocycles. The quantitative estimate of drug-likeness (QED) is 0.737. The molecule has 0 unspecified atom stereocenters. The standard InChI is InChI=1S/C17H22N2O3/c1-16(2)13-4-5-19(15(21)12-8-22-9-12)10-17(13,3)6-11(7-18)14(16)20/h6,12-13H,4-5,8-10H2,1-3H3/t13-,17+/m1/s1. The molecular weight excluding hydrogens is 280 g/mol. The number of carbonyl (C=O) groups excluding carboxylic acids is 2. The predicted octanol–water partition coefficient (Wildman–Crippen LogP) is 1.55. The number of nitriles is 1. The molecule has 0 bridgehead atoms. The van der Waals surface area contributed by atoms with Gasteiger partial charge in [0.15, 0.2) is 5.78 Å². The predicted molar refractivity (Wildman–Crippen MR) is 79.6 cm³/mol. The summed E-state index contributed by atoms with van der Waals surface area (Å²) in [4.78, 5) is 26.8. The van der Waals surface area contributed by atoms with Crippen molar-refractivity contribution >= 4 is 11.7 Å². The van der Waals surface area contributed by atoms with E-state index in [-0.39, 0.29) is 34.5 Å². The van der Waals surface area contributed by atoms with Crippen LogP contribution in [-0.4, -0.2) is 42.9 Å². The molecular formula is C17H22N2O3. The van der Waals surface area contributed by atoms with Crippen molar-refractivity contribution in [3.63, 3.8) is 0 Å². The summed E-state index contributed by atoms with van der Waals surface area (Å²) in [6.07, 6.45) is 2.60. The van der Waals surface area contributed by atoms with Crippen molar-refractivity contribution in [3.05, 3.63) is 11.6 Å².